The fraction of sp³-hybridized carbons (Fsp3) is 0.667. The fourth-order valence-electron chi connectivity index (χ4n) is 1.45. The normalized spacial score (nSPS) is 13.9. The van der Waals surface area contributed by atoms with E-state index in [0.717, 1.165) is 30.7 Å². The van der Waals surface area contributed by atoms with Crippen molar-refractivity contribution in [3.05, 3.63) is 11.1 Å². The number of carbonyl (C=O) groups is 2. The van der Waals surface area contributed by atoms with Gasteiger partial charge in [0, 0.05) is 38.2 Å². The van der Waals surface area contributed by atoms with Gasteiger partial charge in [-0.3, -0.25) is 9.59 Å². The third kappa shape index (κ3) is 4.56. The molecule has 5 heteroatoms. The lowest BCUT2D eigenvalue weighted by Crippen LogP contribution is -2.38. The van der Waals surface area contributed by atoms with E-state index in [2.05, 4.69) is 16.0 Å². The lowest BCUT2D eigenvalue weighted by molar-refractivity contribution is -0.121. The van der Waals surface area contributed by atoms with Crippen LogP contribution in [0.5, 0.6) is 0 Å². The van der Waals surface area contributed by atoms with Gasteiger partial charge in [0.25, 0.3) is 0 Å². The average molecular weight is 239 g/mol. The fourth-order valence-corrected chi connectivity index (χ4v) is 1.45. The predicted octanol–water partition coefficient (Wildman–Crippen LogP) is -0.0614. The van der Waals surface area contributed by atoms with E-state index in [-0.39, 0.29) is 11.8 Å². The summed E-state index contributed by atoms with van der Waals surface area (Å²) in [6.07, 6.45) is 1.27. The van der Waals surface area contributed by atoms with Gasteiger partial charge in [-0.25, -0.2) is 0 Å². The molecule has 1 rings (SSSR count). The molecule has 0 aromatic heterocycles. The second-order valence-electron chi connectivity index (χ2n) is 4.19. The highest BCUT2D eigenvalue weighted by molar-refractivity contribution is 5.94. The van der Waals surface area contributed by atoms with Crippen LogP contribution in [-0.4, -0.2) is 38.0 Å². The van der Waals surface area contributed by atoms with Crippen LogP contribution in [0, 0.1) is 0 Å². The molecule has 0 unspecified atom stereocenters. The van der Waals surface area contributed by atoms with E-state index in [1.807, 2.05) is 13.8 Å². The van der Waals surface area contributed by atoms with E-state index in [0.29, 0.717) is 19.5 Å². The Labute approximate surface area is 102 Å². The van der Waals surface area contributed by atoms with E-state index in [1.165, 1.54) is 0 Å². The van der Waals surface area contributed by atoms with Gasteiger partial charge < -0.3 is 16.0 Å². The molecule has 0 spiro atoms. The molecule has 96 valence electrons. The Morgan fingerprint density at radius 2 is 1.94 bits per heavy atom. The van der Waals surface area contributed by atoms with E-state index in [9.17, 15) is 9.59 Å². The number of hydrogen-bond acceptors (Lipinski definition) is 3. The summed E-state index contributed by atoms with van der Waals surface area (Å²) in [4.78, 5) is 22.9. The summed E-state index contributed by atoms with van der Waals surface area (Å²) in [6.45, 7) is 6.52. The van der Waals surface area contributed by atoms with Gasteiger partial charge in [-0.1, -0.05) is 6.92 Å². The molecule has 0 bridgehead atoms. The van der Waals surface area contributed by atoms with E-state index < -0.39 is 0 Å². The van der Waals surface area contributed by atoms with Crippen molar-refractivity contribution < 1.29 is 9.59 Å². The molecule has 0 aromatic rings. The number of carbonyl (C=O) groups excluding carboxylic acids is 2. The van der Waals surface area contributed by atoms with E-state index in [1.54, 1.807) is 0 Å². The maximum Gasteiger partial charge on any atom is 0.246 e. The van der Waals surface area contributed by atoms with Crippen molar-refractivity contribution in [3.8, 4) is 0 Å². The minimum atomic E-state index is -0.0650. The van der Waals surface area contributed by atoms with Gasteiger partial charge in [0.2, 0.25) is 11.8 Å². The van der Waals surface area contributed by atoms with Crippen LogP contribution in [0.1, 0.15) is 26.7 Å². The largest absolute Gasteiger partial charge is 0.356 e. The summed E-state index contributed by atoms with van der Waals surface area (Å²) < 4.78 is 0. The van der Waals surface area contributed by atoms with Crippen molar-refractivity contribution in [1.29, 1.82) is 0 Å². The second kappa shape index (κ2) is 7.06. The quantitative estimate of drug-likeness (QED) is 0.569. The maximum absolute atomic E-state index is 11.6. The van der Waals surface area contributed by atoms with Crippen LogP contribution >= 0.6 is 0 Å². The van der Waals surface area contributed by atoms with E-state index >= 15 is 0 Å². The molecule has 1 heterocycles. The Morgan fingerprint density at radius 3 is 2.47 bits per heavy atom. The van der Waals surface area contributed by atoms with E-state index in [4.69, 9.17) is 0 Å². The van der Waals surface area contributed by atoms with Crippen LogP contribution in [0.4, 0.5) is 0 Å². The van der Waals surface area contributed by atoms with Crippen molar-refractivity contribution in [2.45, 2.75) is 26.7 Å². The molecule has 5 nitrogen and oxygen atoms in total. The molecule has 0 saturated carbocycles. The SMILES string of the molecule is CCCNC(=O)CCNC(=O)C(C)=C1CNC1. The first-order chi connectivity index (χ1) is 8.15. The zero-order valence-corrected chi connectivity index (χ0v) is 10.6. The van der Waals surface area contributed by atoms with Crippen LogP contribution in [0.2, 0.25) is 0 Å². The van der Waals surface area contributed by atoms with Gasteiger partial charge in [-0.05, 0) is 18.9 Å². The minimum absolute atomic E-state index is 0.0113. The highest BCUT2D eigenvalue weighted by Crippen LogP contribution is 2.08. The van der Waals surface area contributed by atoms with Crippen LogP contribution in [-0.2, 0) is 9.59 Å². The Balaban J connectivity index is 2.18. The minimum Gasteiger partial charge on any atom is -0.356 e. The van der Waals surface area contributed by atoms with Gasteiger partial charge in [0.1, 0.15) is 0 Å². The molecule has 3 N–H and O–H groups in total. The molecule has 2 amide bonds. The Morgan fingerprint density at radius 1 is 1.24 bits per heavy atom. The molecular weight excluding hydrogens is 218 g/mol. The van der Waals surface area contributed by atoms with Crippen LogP contribution in [0.15, 0.2) is 11.1 Å². The highest BCUT2D eigenvalue weighted by Gasteiger charge is 2.15. The Kier molecular flexibility index (Phi) is 5.69. The van der Waals surface area contributed by atoms with Gasteiger partial charge in [-0.15, -0.1) is 0 Å². The van der Waals surface area contributed by atoms with Crippen LogP contribution in [0.25, 0.3) is 0 Å². The average Bonchev–Trinajstić information content (AvgIpc) is 2.23. The third-order valence-corrected chi connectivity index (χ3v) is 2.76. The molecule has 0 atom stereocenters. The summed E-state index contributed by atoms with van der Waals surface area (Å²) in [7, 11) is 0. The summed E-state index contributed by atoms with van der Waals surface area (Å²) in [5.74, 6) is -0.0763. The Bertz CT molecular complexity index is 318. The molecule has 1 aliphatic rings. The van der Waals surface area contributed by atoms with Crippen molar-refractivity contribution in [3.63, 3.8) is 0 Å². The molecule has 1 fully saturated rings. The highest BCUT2D eigenvalue weighted by atomic mass is 16.2. The number of amides is 2. The summed E-state index contributed by atoms with van der Waals surface area (Å²) in [6, 6.07) is 0. The molecular formula is C12H21N3O2. The van der Waals surface area contributed by atoms with Crippen molar-refractivity contribution >= 4 is 11.8 Å². The summed E-state index contributed by atoms with van der Waals surface area (Å²) in [5, 5.41) is 8.61. The maximum atomic E-state index is 11.6. The standard InChI is InChI=1S/C12H21N3O2/c1-3-5-14-11(16)4-6-15-12(17)9(2)10-7-13-8-10/h13H,3-8H2,1-2H3,(H,14,16)(H,15,17). The molecule has 1 saturated heterocycles. The Hall–Kier alpha value is -1.36. The molecule has 0 aliphatic carbocycles. The van der Waals surface area contributed by atoms with Crippen LogP contribution < -0.4 is 16.0 Å². The zero-order chi connectivity index (χ0) is 12.7. The van der Waals surface area contributed by atoms with Gasteiger partial charge in [-0.2, -0.15) is 0 Å². The first-order valence-electron chi connectivity index (χ1n) is 6.09. The van der Waals surface area contributed by atoms with Crippen LogP contribution in [0.3, 0.4) is 0 Å². The first-order valence-corrected chi connectivity index (χ1v) is 6.09. The lowest BCUT2D eigenvalue weighted by atomic mass is 10.0. The summed E-state index contributed by atoms with van der Waals surface area (Å²) in [5.41, 5.74) is 1.93. The second-order valence-corrected chi connectivity index (χ2v) is 4.19. The molecule has 17 heavy (non-hydrogen) atoms. The predicted molar refractivity (Wildman–Crippen MR) is 66.5 cm³/mol. The molecule has 0 radical (unpaired) electrons. The molecule has 0 aromatic carbocycles. The number of hydrogen-bond donors (Lipinski definition) is 3. The van der Waals surface area contributed by atoms with Gasteiger partial charge >= 0.3 is 0 Å². The smallest absolute Gasteiger partial charge is 0.246 e. The monoisotopic (exact) mass is 239 g/mol. The zero-order valence-electron chi connectivity index (χ0n) is 10.6. The molecule has 1 aliphatic heterocycles. The van der Waals surface area contributed by atoms with Gasteiger partial charge in [0.15, 0.2) is 0 Å². The topological polar surface area (TPSA) is 70.2 Å². The number of rotatable bonds is 6. The first kappa shape index (κ1) is 13.7. The summed E-state index contributed by atoms with van der Waals surface area (Å²) >= 11 is 0. The van der Waals surface area contributed by atoms with Crippen molar-refractivity contribution in [1.82, 2.24) is 16.0 Å². The van der Waals surface area contributed by atoms with Crippen molar-refractivity contribution in [2.75, 3.05) is 26.2 Å². The van der Waals surface area contributed by atoms with Gasteiger partial charge in [0.05, 0.1) is 0 Å². The number of nitrogens with one attached hydrogen (secondary N) is 3. The lowest BCUT2D eigenvalue weighted by Gasteiger charge is -2.21. The van der Waals surface area contributed by atoms with Crippen molar-refractivity contribution in [2.24, 2.45) is 0 Å². The third-order valence-electron chi connectivity index (χ3n) is 2.76.